The van der Waals surface area contributed by atoms with E-state index < -0.39 is 10.0 Å². The summed E-state index contributed by atoms with van der Waals surface area (Å²) in [5.41, 5.74) is 2.47. The predicted molar refractivity (Wildman–Crippen MR) is 143 cm³/mol. The minimum absolute atomic E-state index is 0.110. The summed E-state index contributed by atoms with van der Waals surface area (Å²) in [6.07, 6.45) is 0.528. The van der Waals surface area contributed by atoms with Gasteiger partial charge in [-0.2, -0.15) is 4.98 Å². The van der Waals surface area contributed by atoms with Gasteiger partial charge < -0.3 is 14.6 Å². The van der Waals surface area contributed by atoms with Crippen LogP contribution in [-0.2, 0) is 21.2 Å². The molecule has 1 aromatic heterocycles. The number of ether oxygens (including phenoxy) is 1. The van der Waals surface area contributed by atoms with Gasteiger partial charge in [-0.05, 0) is 54.4 Å². The van der Waals surface area contributed by atoms with Crippen LogP contribution in [0.2, 0.25) is 0 Å². The summed E-state index contributed by atoms with van der Waals surface area (Å²) in [7, 11) is -3.72. The molecule has 4 aromatic rings. The van der Waals surface area contributed by atoms with E-state index in [0.717, 1.165) is 11.1 Å². The van der Waals surface area contributed by atoms with E-state index in [9.17, 15) is 13.2 Å². The predicted octanol–water partition coefficient (Wildman–Crippen LogP) is 4.84. The van der Waals surface area contributed by atoms with Crippen molar-refractivity contribution in [1.29, 1.82) is 0 Å². The van der Waals surface area contributed by atoms with Gasteiger partial charge in [-0.3, -0.25) is 4.79 Å². The topological polar surface area (TPSA) is 123 Å². The molecule has 0 saturated heterocycles. The average molecular weight is 535 g/mol. The quantitative estimate of drug-likeness (QED) is 0.282. The molecule has 0 aliphatic rings. The number of nitrogens with one attached hydrogen (secondary N) is 2. The molecule has 0 spiro atoms. The second-order valence-electron chi connectivity index (χ2n) is 9.14. The largest absolute Gasteiger partial charge is 0.484 e. The second kappa shape index (κ2) is 12.0. The van der Waals surface area contributed by atoms with Gasteiger partial charge in [0.05, 0.1) is 4.90 Å². The lowest BCUT2D eigenvalue weighted by molar-refractivity contribution is -0.118. The lowest BCUT2D eigenvalue weighted by atomic mass is 10.1. The molecule has 1 amide bonds. The van der Waals surface area contributed by atoms with E-state index >= 15 is 0 Å². The summed E-state index contributed by atoms with van der Waals surface area (Å²) in [5.74, 6) is 1.43. The normalized spacial score (nSPS) is 12.3. The van der Waals surface area contributed by atoms with Crippen molar-refractivity contribution in [1.82, 2.24) is 14.9 Å². The first-order chi connectivity index (χ1) is 18.2. The number of hydrogen-bond acceptors (Lipinski definition) is 7. The second-order valence-corrected chi connectivity index (χ2v) is 10.9. The summed E-state index contributed by atoms with van der Waals surface area (Å²) in [5, 5.41) is 6.77. The highest BCUT2D eigenvalue weighted by atomic mass is 32.2. The maximum atomic E-state index is 12.7. The van der Waals surface area contributed by atoms with Crippen LogP contribution in [0.25, 0.3) is 0 Å². The van der Waals surface area contributed by atoms with Crippen LogP contribution in [0.3, 0.4) is 0 Å². The summed E-state index contributed by atoms with van der Waals surface area (Å²) in [4.78, 5) is 16.8. The Hall–Kier alpha value is -4.02. The highest BCUT2D eigenvalue weighted by molar-refractivity contribution is 7.89. The third-order valence-electron chi connectivity index (χ3n) is 5.71. The van der Waals surface area contributed by atoms with E-state index in [1.165, 1.54) is 24.3 Å². The molecule has 9 nitrogen and oxygen atoms in total. The van der Waals surface area contributed by atoms with Crippen LogP contribution in [0.1, 0.15) is 55.6 Å². The molecule has 1 atom stereocenters. The molecular weight excluding hydrogens is 504 g/mol. The molecule has 0 bridgehead atoms. The number of carbonyl (C=O) groups is 1. The SMILES string of the molecule is CC(C)c1nc(Cc2ccc(NC(=O)COc3ccc(S(=O)(=O)N[C@@H](C)c4ccccc4)cc3)cc2)no1. The van der Waals surface area contributed by atoms with Crippen molar-refractivity contribution >= 4 is 21.6 Å². The summed E-state index contributed by atoms with van der Waals surface area (Å²) < 4.78 is 38.9. The first kappa shape index (κ1) is 27.0. The van der Waals surface area contributed by atoms with E-state index in [2.05, 4.69) is 20.2 Å². The lowest BCUT2D eigenvalue weighted by Gasteiger charge is -2.15. The fourth-order valence-electron chi connectivity index (χ4n) is 3.63. The maximum Gasteiger partial charge on any atom is 0.262 e. The number of carbonyl (C=O) groups excluding carboxylic acids is 1. The molecule has 0 aliphatic heterocycles. The van der Waals surface area contributed by atoms with Gasteiger partial charge >= 0.3 is 0 Å². The third kappa shape index (κ3) is 7.27. The highest BCUT2D eigenvalue weighted by Crippen LogP contribution is 2.20. The van der Waals surface area contributed by atoms with E-state index in [0.29, 0.717) is 29.6 Å². The summed E-state index contributed by atoms with van der Waals surface area (Å²) in [6.45, 7) is 5.54. The van der Waals surface area contributed by atoms with Crippen molar-refractivity contribution in [2.24, 2.45) is 0 Å². The number of hydrogen-bond donors (Lipinski definition) is 2. The fourth-order valence-corrected chi connectivity index (χ4v) is 4.87. The van der Waals surface area contributed by atoms with Crippen LogP contribution >= 0.6 is 0 Å². The molecule has 2 N–H and O–H groups in total. The van der Waals surface area contributed by atoms with Gasteiger partial charge in [0.1, 0.15) is 5.75 Å². The van der Waals surface area contributed by atoms with E-state index in [1.807, 2.05) is 56.3 Å². The molecule has 3 aromatic carbocycles. The van der Waals surface area contributed by atoms with Crippen LogP contribution in [0.4, 0.5) is 5.69 Å². The minimum atomic E-state index is -3.72. The maximum absolute atomic E-state index is 12.7. The van der Waals surface area contributed by atoms with E-state index in [1.54, 1.807) is 19.1 Å². The molecule has 0 unspecified atom stereocenters. The minimum Gasteiger partial charge on any atom is -0.484 e. The van der Waals surface area contributed by atoms with Gasteiger partial charge in [0.2, 0.25) is 15.9 Å². The Kier molecular flexibility index (Phi) is 8.55. The van der Waals surface area contributed by atoms with Crippen LogP contribution in [-0.4, -0.2) is 31.1 Å². The van der Waals surface area contributed by atoms with Gasteiger partial charge in [-0.15, -0.1) is 0 Å². The van der Waals surface area contributed by atoms with Gasteiger partial charge in [-0.25, -0.2) is 13.1 Å². The Morgan fingerprint density at radius 2 is 1.63 bits per heavy atom. The van der Waals surface area contributed by atoms with Crippen LogP contribution in [0.15, 0.2) is 88.3 Å². The first-order valence-electron chi connectivity index (χ1n) is 12.2. The lowest BCUT2D eigenvalue weighted by Crippen LogP contribution is -2.26. The van der Waals surface area contributed by atoms with Crippen LogP contribution < -0.4 is 14.8 Å². The fraction of sp³-hybridized carbons (Fsp3) is 0.250. The van der Waals surface area contributed by atoms with E-state index in [-0.39, 0.29) is 29.4 Å². The average Bonchev–Trinajstić information content (AvgIpc) is 3.38. The van der Waals surface area contributed by atoms with Gasteiger partial charge in [0, 0.05) is 24.1 Å². The molecule has 10 heteroatoms. The number of sulfonamides is 1. The number of nitrogens with zero attached hydrogens (tertiary/aromatic N) is 2. The number of aromatic nitrogens is 2. The Balaban J connectivity index is 1.26. The Morgan fingerprint density at radius 3 is 2.26 bits per heavy atom. The highest BCUT2D eigenvalue weighted by Gasteiger charge is 2.18. The molecule has 0 saturated carbocycles. The summed E-state index contributed by atoms with van der Waals surface area (Å²) in [6, 6.07) is 22.2. The summed E-state index contributed by atoms with van der Waals surface area (Å²) >= 11 is 0. The third-order valence-corrected chi connectivity index (χ3v) is 7.27. The van der Waals surface area contributed by atoms with Crippen molar-refractivity contribution in [2.75, 3.05) is 11.9 Å². The number of benzene rings is 3. The van der Waals surface area contributed by atoms with Gasteiger partial charge in [0.25, 0.3) is 5.91 Å². The molecule has 0 radical (unpaired) electrons. The molecule has 38 heavy (non-hydrogen) atoms. The zero-order chi connectivity index (χ0) is 27.1. The monoisotopic (exact) mass is 534 g/mol. The molecule has 198 valence electrons. The molecule has 0 aliphatic carbocycles. The van der Waals surface area contributed by atoms with E-state index in [4.69, 9.17) is 9.26 Å². The Labute approximate surface area is 222 Å². The van der Waals surface area contributed by atoms with Crippen molar-refractivity contribution in [3.63, 3.8) is 0 Å². The van der Waals surface area contributed by atoms with Crippen molar-refractivity contribution in [2.45, 2.75) is 44.0 Å². The number of rotatable bonds is 11. The Morgan fingerprint density at radius 1 is 0.947 bits per heavy atom. The smallest absolute Gasteiger partial charge is 0.262 e. The zero-order valence-corrected chi connectivity index (χ0v) is 22.2. The van der Waals surface area contributed by atoms with Crippen molar-refractivity contribution in [3.8, 4) is 5.75 Å². The number of anilines is 1. The standard InChI is InChI=1S/C28H30N4O5S/c1-19(2)28-30-26(31-37-28)17-21-9-11-23(12-10-21)29-27(33)18-36-24-13-15-25(16-14-24)38(34,35)32-20(3)22-7-5-4-6-8-22/h4-16,19-20,32H,17-18H2,1-3H3,(H,29,33)/t20-/m0/s1. The molecular formula is C28H30N4O5S. The van der Waals surface area contributed by atoms with Crippen LogP contribution in [0.5, 0.6) is 5.75 Å². The molecule has 4 rings (SSSR count). The van der Waals surface area contributed by atoms with Crippen molar-refractivity contribution in [3.05, 3.63) is 102 Å². The number of amides is 1. The van der Waals surface area contributed by atoms with Gasteiger partial charge in [-0.1, -0.05) is 61.5 Å². The van der Waals surface area contributed by atoms with Gasteiger partial charge in [0.15, 0.2) is 12.4 Å². The first-order valence-corrected chi connectivity index (χ1v) is 13.7. The zero-order valence-electron chi connectivity index (χ0n) is 21.4. The van der Waals surface area contributed by atoms with Crippen LogP contribution in [0, 0.1) is 0 Å². The molecule has 0 fully saturated rings. The Bertz CT molecular complexity index is 1450. The van der Waals surface area contributed by atoms with Crippen molar-refractivity contribution < 1.29 is 22.5 Å². The molecule has 1 heterocycles.